The zero-order valence-electron chi connectivity index (χ0n) is 32.4. The Morgan fingerprint density at radius 1 is 0.328 bits per heavy atom. The average Bonchev–Trinajstić information content (AvgIpc) is 3.75. The van der Waals surface area contributed by atoms with Gasteiger partial charge in [-0.25, -0.2) is 0 Å². The van der Waals surface area contributed by atoms with E-state index in [-0.39, 0.29) is 5.41 Å². The Hall–Kier alpha value is -7.22. The van der Waals surface area contributed by atoms with Crippen LogP contribution in [0.15, 0.2) is 231 Å². The first-order valence-electron chi connectivity index (χ1n) is 20.3. The molecule has 1 atom stereocenters. The van der Waals surface area contributed by atoms with Gasteiger partial charge in [0.15, 0.2) is 0 Å². The number of hydrogen-bond acceptors (Lipinski definition) is 1. The molecule has 1 nitrogen and oxygen atoms in total. The van der Waals surface area contributed by atoms with Crippen LogP contribution in [0.3, 0.4) is 0 Å². The zero-order chi connectivity index (χ0) is 38.7. The second kappa shape index (κ2) is 13.5. The first-order valence-corrected chi connectivity index (χ1v) is 20.3. The number of hydrogen-bond donors (Lipinski definition) is 0. The van der Waals surface area contributed by atoms with E-state index in [4.69, 9.17) is 0 Å². The molecule has 1 heteroatoms. The molecule has 0 fully saturated rings. The highest BCUT2D eigenvalue weighted by molar-refractivity contribution is 5.99. The molecule has 58 heavy (non-hydrogen) atoms. The number of para-hydroxylation sites is 1. The van der Waals surface area contributed by atoms with Gasteiger partial charge in [0.25, 0.3) is 0 Å². The lowest BCUT2D eigenvalue weighted by Crippen LogP contribution is -2.28. The Labute approximate surface area is 341 Å². The van der Waals surface area contributed by atoms with Crippen LogP contribution in [0.2, 0.25) is 0 Å². The SMILES string of the molecule is CC1(c2ccccc2)c2ccccc2-c2c(N(c3ccc4c(c3)-c3ccccc3C4(c3ccccc3)c3ccccc3)c3ccccc3-c3ccccc3)cccc21. The molecular formula is C57H41N. The zero-order valence-corrected chi connectivity index (χ0v) is 32.4. The molecule has 0 aromatic heterocycles. The van der Waals surface area contributed by atoms with Gasteiger partial charge in [0.05, 0.1) is 16.8 Å². The summed E-state index contributed by atoms with van der Waals surface area (Å²) in [6, 6.07) is 85.1. The lowest BCUT2D eigenvalue weighted by atomic mass is 9.68. The Bertz CT molecular complexity index is 2910. The molecule has 0 aliphatic heterocycles. The summed E-state index contributed by atoms with van der Waals surface area (Å²) in [5, 5.41) is 0. The highest BCUT2D eigenvalue weighted by atomic mass is 15.1. The third-order valence-corrected chi connectivity index (χ3v) is 12.8. The van der Waals surface area contributed by atoms with Crippen LogP contribution in [0.5, 0.6) is 0 Å². The highest BCUT2D eigenvalue weighted by Gasteiger charge is 2.47. The van der Waals surface area contributed by atoms with Crippen molar-refractivity contribution < 1.29 is 0 Å². The second-order valence-electron chi connectivity index (χ2n) is 15.7. The molecule has 0 amide bonds. The predicted molar refractivity (Wildman–Crippen MR) is 241 cm³/mol. The first-order chi connectivity index (χ1) is 28.7. The van der Waals surface area contributed by atoms with Crippen molar-refractivity contribution in [3.8, 4) is 33.4 Å². The maximum Gasteiger partial charge on any atom is 0.0713 e. The van der Waals surface area contributed by atoms with Crippen molar-refractivity contribution >= 4 is 17.1 Å². The quantitative estimate of drug-likeness (QED) is 0.157. The van der Waals surface area contributed by atoms with E-state index in [1.54, 1.807) is 0 Å². The van der Waals surface area contributed by atoms with E-state index in [1.807, 2.05) is 0 Å². The Morgan fingerprint density at radius 3 is 1.48 bits per heavy atom. The second-order valence-corrected chi connectivity index (χ2v) is 15.7. The average molecular weight is 740 g/mol. The maximum atomic E-state index is 2.53. The fourth-order valence-electron chi connectivity index (χ4n) is 10.3. The fraction of sp³-hybridized carbons (Fsp3) is 0.0526. The summed E-state index contributed by atoms with van der Waals surface area (Å²) in [6.45, 7) is 2.40. The molecule has 0 N–H and O–H groups in total. The number of fused-ring (bicyclic) bond motifs is 6. The predicted octanol–water partition coefficient (Wildman–Crippen LogP) is 14.5. The normalized spacial score (nSPS) is 15.5. The third-order valence-electron chi connectivity index (χ3n) is 12.8. The van der Waals surface area contributed by atoms with E-state index in [2.05, 4.69) is 242 Å². The van der Waals surface area contributed by atoms with Crippen molar-refractivity contribution in [3.63, 3.8) is 0 Å². The summed E-state index contributed by atoms with van der Waals surface area (Å²) in [5.41, 5.74) is 19.2. The van der Waals surface area contributed by atoms with Gasteiger partial charge in [-0.2, -0.15) is 0 Å². The van der Waals surface area contributed by atoms with Gasteiger partial charge in [0, 0.05) is 22.2 Å². The maximum absolute atomic E-state index is 2.53. The molecule has 0 spiro atoms. The van der Waals surface area contributed by atoms with Crippen molar-refractivity contribution in [2.75, 3.05) is 4.90 Å². The molecule has 0 bridgehead atoms. The Kier molecular flexibility index (Phi) is 7.91. The smallest absolute Gasteiger partial charge is 0.0713 e. The molecular weight excluding hydrogens is 699 g/mol. The van der Waals surface area contributed by atoms with Gasteiger partial charge < -0.3 is 4.90 Å². The Balaban J connectivity index is 1.21. The van der Waals surface area contributed by atoms with E-state index in [0.717, 1.165) is 17.1 Å². The summed E-state index contributed by atoms with van der Waals surface area (Å²) >= 11 is 0. The van der Waals surface area contributed by atoms with Crippen LogP contribution in [0.4, 0.5) is 17.1 Å². The standard InChI is InChI=1S/C57H41N/c1-56(41-23-8-3-9-24-41)49-32-17-15-31-47(49)55-52(56)34-20-36-54(55)58(53-35-19-16-29-45(53)40-21-6-2-7-22-40)44-37-38-51-48(39-44)46-30-14-18-33-50(46)57(51,42-25-10-4-11-26-42)43-27-12-5-13-28-43/h2-39H,1H3. The molecule has 274 valence electrons. The molecule has 11 rings (SSSR count). The summed E-state index contributed by atoms with van der Waals surface area (Å²) in [7, 11) is 0. The van der Waals surface area contributed by atoms with Crippen LogP contribution in [0.1, 0.15) is 45.9 Å². The summed E-state index contributed by atoms with van der Waals surface area (Å²) in [4.78, 5) is 2.53. The lowest BCUT2D eigenvalue weighted by Gasteiger charge is -2.34. The molecule has 0 heterocycles. The lowest BCUT2D eigenvalue weighted by molar-refractivity contribution is 0.714. The monoisotopic (exact) mass is 739 g/mol. The summed E-state index contributed by atoms with van der Waals surface area (Å²) in [6.07, 6.45) is 0. The Morgan fingerprint density at radius 2 is 0.810 bits per heavy atom. The largest absolute Gasteiger partial charge is 0.309 e. The molecule has 1 unspecified atom stereocenters. The summed E-state index contributed by atoms with van der Waals surface area (Å²) < 4.78 is 0. The van der Waals surface area contributed by atoms with Gasteiger partial charge in [-0.3, -0.25) is 0 Å². The van der Waals surface area contributed by atoms with Crippen LogP contribution in [0, 0.1) is 0 Å². The van der Waals surface area contributed by atoms with E-state index in [1.165, 1.54) is 72.3 Å². The van der Waals surface area contributed by atoms with Crippen molar-refractivity contribution in [1.29, 1.82) is 0 Å². The number of anilines is 3. The van der Waals surface area contributed by atoms with Gasteiger partial charge in [-0.15, -0.1) is 0 Å². The number of nitrogens with zero attached hydrogens (tertiary/aromatic N) is 1. The molecule has 0 saturated carbocycles. The van der Waals surface area contributed by atoms with E-state index < -0.39 is 5.41 Å². The molecule has 9 aromatic carbocycles. The van der Waals surface area contributed by atoms with Crippen LogP contribution in [-0.4, -0.2) is 0 Å². The summed E-state index contributed by atoms with van der Waals surface area (Å²) in [5.74, 6) is 0. The minimum absolute atomic E-state index is 0.324. The molecule has 2 aliphatic rings. The molecule has 2 aliphatic carbocycles. The van der Waals surface area contributed by atoms with Crippen molar-refractivity contribution in [2.24, 2.45) is 0 Å². The molecule has 0 radical (unpaired) electrons. The highest BCUT2D eigenvalue weighted by Crippen LogP contribution is 2.60. The van der Waals surface area contributed by atoms with Gasteiger partial charge in [0.1, 0.15) is 0 Å². The minimum Gasteiger partial charge on any atom is -0.309 e. The minimum atomic E-state index is -0.468. The van der Waals surface area contributed by atoms with Gasteiger partial charge >= 0.3 is 0 Å². The first kappa shape index (κ1) is 34.1. The van der Waals surface area contributed by atoms with Crippen LogP contribution >= 0.6 is 0 Å². The number of benzene rings is 9. The van der Waals surface area contributed by atoms with Gasteiger partial charge in [-0.1, -0.05) is 206 Å². The van der Waals surface area contributed by atoms with Gasteiger partial charge in [-0.05, 0) is 92.4 Å². The fourth-order valence-corrected chi connectivity index (χ4v) is 10.3. The van der Waals surface area contributed by atoms with Crippen LogP contribution < -0.4 is 4.90 Å². The van der Waals surface area contributed by atoms with Crippen molar-refractivity contribution in [1.82, 2.24) is 0 Å². The van der Waals surface area contributed by atoms with E-state index in [0.29, 0.717) is 0 Å². The van der Waals surface area contributed by atoms with Crippen LogP contribution in [-0.2, 0) is 10.8 Å². The van der Waals surface area contributed by atoms with E-state index in [9.17, 15) is 0 Å². The topological polar surface area (TPSA) is 3.24 Å². The van der Waals surface area contributed by atoms with E-state index >= 15 is 0 Å². The number of rotatable bonds is 7. The molecule has 9 aromatic rings. The van der Waals surface area contributed by atoms with Crippen molar-refractivity contribution in [2.45, 2.75) is 17.8 Å². The van der Waals surface area contributed by atoms with Crippen LogP contribution in [0.25, 0.3) is 33.4 Å². The van der Waals surface area contributed by atoms with Crippen molar-refractivity contribution in [3.05, 3.63) is 269 Å². The van der Waals surface area contributed by atoms with Gasteiger partial charge in [0.2, 0.25) is 0 Å². The third kappa shape index (κ3) is 4.90. The molecule has 0 saturated heterocycles.